The van der Waals surface area contributed by atoms with Crippen LogP contribution in [0.15, 0.2) is 24.5 Å². The number of carbonyl (C=O) groups excluding carboxylic acids is 1. The number of hydrogen-bond donors (Lipinski definition) is 1. The van der Waals surface area contributed by atoms with E-state index in [2.05, 4.69) is 17.6 Å². The second-order valence-electron chi connectivity index (χ2n) is 2.34. The maximum absolute atomic E-state index is 10.8. The molecular weight excluding hydrogens is 158 g/mol. The normalized spacial score (nSPS) is 12.5. The van der Waals surface area contributed by atoms with Crippen molar-refractivity contribution in [3.8, 4) is 0 Å². The van der Waals surface area contributed by atoms with Crippen LogP contribution in [0.3, 0.4) is 0 Å². The van der Waals surface area contributed by atoms with E-state index < -0.39 is 0 Å². The topological polar surface area (TPSA) is 30.0 Å². The van der Waals surface area contributed by atoms with Crippen molar-refractivity contribution < 1.29 is 4.79 Å². The SMILES string of the molecule is CC(C(=O)S)c1ccncc1. The van der Waals surface area contributed by atoms with Gasteiger partial charge in [-0.05, 0) is 17.7 Å². The van der Waals surface area contributed by atoms with Gasteiger partial charge in [-0.2, -0.15) is 0 Å². The Hall–Kier alpha value is -0.830. The lowest BCUT2D eigenvalue weighted by atomic mass is 10.1. The van der Waals surface area contributed by atoms with Crippen molar-refractivity contribution in [1.82, 2.24) is 4.98 Å². The van der Waals surface area contributed by atoms with Crippen LogP contribution in [0.2, 0.25) is 0 Å². The lowest BCUT2D eigenvalue weighted by molar-refractivity contribution is -0.111. The Labute approximate surface area is 71.1 Å². The van der Waals surface area contributed by atoms with Gasteiger partial charge < -0.3 is 0 Å². The third-order valence-electron chi connectivity index (χ3n) is 1.58. The van der Waals surface area contributed by atoms with E-state index in [1.54, 1.807) is 12.4 Å². The number of rotatable bonds is 2. The van der Waals surface area contributed by atoms with Gasteiger partial charge in [0.15, 0.2) is 5.12 Å². The number of pyridine rings is 1. The molecule has 0 N–H and O–H groups in total. The second kappa shape index (κ2) is 3.53. The van der Waals surface area contributed by atoms with Crippen molar-refractivity contribution in [2.75, 3.05) is 0 Å². The molecule has 58 valence electrons. The fourth-order valence-corrected chi connectivity index (χ4v) is 0.944. The molecule has 0 saturated carbocycles. The molecule has 11 heavy (non-hydrogen) atoms. The highest BCUT2D eigenvalue weighted by Gasteiger charge is 2.09. The van der Waals surface area contributed by atoms with Crippen LogP contribution in [0.25, 0.3) is 0 Å². The van der Waals surface area contributed by atoms with Crippen molar-refractivity contribution in [3.05, 3.63) is 30.1 Å². The summed E-state index contributed by atoms with van der Waals surface area (Å²) in [6, 6.07) is 3.64. The smallest absolute Gasteiger partial charge is 0.193 e. The molecule has 0 saturated heterocycles. The van der Waals surface area contributed by atoms with Gasteiger partial charge in [-0.15, -0.1) is 12.6 Å². The lowest BCUT2D eigenvalue weighted by Gasteiger charge is -2.04. The summed E-state index contributed by atoms with van der Waals surface area (Å²) in [5.74, 6) is -0.138. The minimum atomic E-state index is -0.138. The van der Waals surface area contributed by atoms with Gasteiger partial charge in [0.1, 0.15) is 0 Å². The van der Waals surface area contributed by atoms with Crippen LogP contribution >= 0.6 is 12.6 Å². The van der Waals surface area contributed by atoms with E-state index in [0.717, 1.165) is 5.56 Å². The van der Waals surface area contributed by atoms with E-state index in [0.29, 0.717) is 0 Å². The molecule has 0 aliphatic carbocycles. The summed E-state index contributed by atoms with van der Waals surface area (Å²) in [4.78, 5) is 14.6. The number of hydrogen-bond acceptors (Lipinski definition) is 2. The molecule has 1 aromatic heterocycles. The predicted octanol–water partition coefficient (Wildman–Crippen LogP) is 1.64. The molecule has 0 aromatic carbocycles. The monoisotopic (exact) mass is 167 g/mol. The number of thiol groups is 1. The first-order valence-electron chi connectivity index (χ1n) is 3.34. The molecule has 1 heterocycles. The molecule has 1 unspecified atom stereocenters. The van der Waals surface area contributed by atoms with Crippen LogP contribution in [-0.4, -0.2) is 10.1 Å². The molecule has 0 spiro atoms. The summed E-state index contributed by atoms with van der Waals surface area (Å²) in [6.45, 7) is 1.82. The van der Waals surface area contributed by atoms with E-state index >= 15 is 0 Å². The molecule has 2 nitrogen and oxygen atoms in total. The van der Waals surface area contributed by atoms with Gasteiger partial charge in [0.25, 0.3) is 0 Å². The molecule has 1 rings (SSSR count). The Morgan fingerprint density at radius 3 is 2.55 bits per heavy atom. The van der Waals surface area contributed by atoms with Crippen LogP contribution < -0.4 is 0 Å². The molecule has 1 aromatic rings. The zero-order valence-electron chi connectivity index (χ0n) is 6.19. The average molecular weight is 167 g/mol. The molecule has 0 amide bonds. The number of nitrogens with zero attached hydrogens (tertiary/aromatic N) is 1. The molecule has 0 aliphatic heterocycles. The van der Waals surface area contributed by atoms with Crippen LogP contribution in [0.5, 0.6) is 0 Å². The molecule has 0 fully saturated rings. The van der Waals surface area contributed by atoms with Crippen molar-refractivity contribution in [2.45, 2.75) is 12.8 Å². The molecule has 0 radical (unpaired) electrons. The fourth-order valence-electron chi connectivity index (χ4n) is 0.795. The van der Waals surface area contributed by atoms with Gasteiger partial charge in [-0.25, -0.2) is 0 Å². The van der Waals surface area contributed by atoms with E-state index in [-0.39, 0.29) is 11.0 Å². The first-order chi connectivity index (χ1) is 5.22. The van der Waals surface area contributed by atoms with Gasteiger partial charge in [0.05, 0.1) is 5.92 Å². The molecule has 3 heteroatoms. The fraction of sp³-hybridized carbons (Fsp3) is 0.250. The van der Waals surface area contributed by atoms with E-state index in [9.17, 15) is 4.79 Å². The van der Waals surface area contributed by atoms with Gasteiger partial charge in [-0.1, -0.05) is 6.92 Å². The third-order valence-corrected chi connectivity index (χ3v) is 1.96. The Kier molecular flexibility index (Phi) is 2.65. The summed E-state index contributed by atoms with van der Waals surface area (Å²) in [5, 5.41) is -0.115. The van der Waals surface area contributed by atoms with E-state index in [1.807, 2.05) is 19.1 Å². The van der Waals surface area contributed by atoms with Crippen molar-refractivity contribution in [2.24, 2.45) is 0 Å². The maximum atomic E-state index is 10.8. The number of aromatic nitrogens is 1. The molecule has 1 atom stereocenters. The molecular formula is C8H9NOS. The Balaban J connectivity index is 2.85. The zero-order chi connectivity index (χ0) is 8.27. The second-order valence-corrected chi connectivity index (χ2v) is 2.78. The summed E-state index contributed by atoms with van der Waals surface area (Å²) in [5.41, 5.74) is 0.958. The highest BCUT2D eigenvalue weighted by molar-refractivity contribution is 7.96. The standard InChI is InChI=1S/C8H9NOS/c1-6(8(10)11)7-2-4-9-5-3-7/h2-6H,1H3,(H,10,11). The molecule has 0 bridgehead atoms. The summed E-state index contributed by atoms with van der Waals surface area (Å²) >= 11 is 3.75. The summed E-state index contributed by atoms with van der Waals surface area (Å²) in [6.07, 6.45) is 3.34. The number of carbonyl (C=O) groups is 1. The van der Waals surface area contributed by atoms with Crippen LogP contribution in [-0.2, 0) is 4.79 Å². The van der Waals surface area contributed by atoms with Crippen LogP contribution in [0, 0.1) is 0 Å². The molecule has 0 aliphatic rings. The first kappa shape index (κ1) is 8.27. The summed E-state index contributed by atoms with van der Waals surface area (Å²) in [7, 11) is 0. The Morgan fingerprint density at radius 1 is 1.55 bits per heavy atom. The van der Waals surface area contributed by atoms with Gasteiger partial charge in [0.2, 0.25) is 0 Å². The van der Waals surface area contributed by atoms with E-state index in [1.165, 1.54) is 0 Å². The van der Waals surface area contributed by atoms with Crippen molar-refractivity contribution in [3.63, 3.8) is 0 Å². The first-order valence-corrected chi connectivity index (χ1v) is 3.79. The predicted molar refractivity (Wildman–Crippen MR) is 46.6 cm³/mol. The van der Waals surface area contributed by atoms with E-state index in [4.69, 9.17) is 0 Å². The average Bonchev–Trinajstić information content (AvgIpc) is 2.05. The van der Waals surface area contributed by atoms with Gasteiger partial charge in [-0.3, -0.25) is 9.78 Å². The Morgan fingerprint density at radius 2 is 2.09 bits per heavy atom. The summed E-state index contributed by atoms with van der Waals surface area (Å²) < 4.78 is 0. The van der Waals surface area contributed by atoms with Crippen molar-refractivity contribution >= 4 is 17.7 Å². The van der Waals surface area contributed by atoms with Crippen LogP contribution in [0.1, 0.15) is 18.4 Å². The highest BCUT2D eigenvalue weighted by Crippen LogP contribution is 2.15. The van der Waals surface area contributed by atoms with Gasteiger partial charge >= 0.3 is 0 Å². The maximum Gasteiger partial charge on any atom is 0.193 e. The van der Waals surface area contributed by atoms with Crippen molar-refractivity contribution in [1.29, 1.82) is 0 Å². The largest absolute Gasteiger partial charge is 0.287 e. The third kappa shape index (κ3) is 2.05. The lowest BCUT2D eigenvalue weighted by Crippen LogP contribution is -2.01. The minimum Gasteiger partial charge on any atom is -0.287 e. The van der Waals surface area contributed by atoms with Crippen LogP contribution in [0.4, 0.5) is 0 Å². The van der Waals surface area contributed by atoms with Gasteiger partial charge in [0, 0.05) is 12.4 Å². The Bertz CT molecular complexity index is 248. The highest BCUT2D eigenvalue weighted by atomic mass is 32.1. The quantitative estimate of drug-likeness (QED) is 0.679. The zero-order valence-corrected chi connectivity index (χ0v) is 7.08. The minimum absolute atomic E-state index is 0.115.